The first-order chi connectivity index (χ1) is 11.8. The van der Waals surface area contributed by atoms with Crippen molar-refractivity contribution >= 4 is 5.82 Å². The highest BCUT2D eigenvalue weighted by molar-refractivity contribution is 5.79. The van der Waals surface area contributed by atoms with E-state index in [1.165, 1.54) is 0 Å². The van der Waals surface area contributed by atoms with E-state index < -0.39 is 0 Å². The highest BCUT2D eigenvalue weighted by Gasteiger charge is 2.20. The van der Waals surface area contributed by atoms with E-state index in [0.29, 0.717) is 22.9 Å². The standard InChI is InChI=1S/C19H13N3O2/c20-10-15-14(13-6-7-17-18(8-13)24-11-23-17)9-16(22-19(15)21)12-4-2-1-3-5-12/h1-9H,11H2,(H2,21,22)/p+1. The quantitative estimate of drug-likeness (QED) is 0.788. The summed E-state index contributed by atoms with van der Waals surface area (Å²) in [7, 11) is 0. The third-order valence-corrected chi connectivity index (χ3v) is 3.98. The van der Waals surface area contributed by atoms with Crippen molar-refractivity contribution in [3.63, 3.8) is 0 Å². The van der Waals surface area contributed by atoms with Gasteiger partial charge in [-0.05, 0) is 23.8 Å². The van der Waals surface area contributed by atoms with Crippen LogP contribution in [0.4, 0.5) is 5.82 Å². The van der Waals surface area contributed by atoms with Crippen molar-refractivity contribution in [1.82, 2.24) is 0 Å². The summed E-state index contributed by atoms with van der Waals surface area (Å²) in [6, 6.07) is 19.6. The highest BCUT2D eigenvalue weighted by Crippen LogP contribution is 2.37. The molecule has 0 unspecified atom stereocenters. The van der Waals surface area contributed by atoms with Gasteiger partial charge >= 0.3 is 0 Å². The number of hydrogen-bond donors (Lipinski definition) is 1. The van der Waals surface area contributed by atoms with E-state index in [1.54, 1.807) is 0 Å². The van der Waals surface area contributed by atoms with Crippen LogP contribution in [0.5, 0.6) is 11.5 Å². The third-order valence-electron chi connectivity index (χ3n) is 3.98. The maximum absolute atomic E-state index is 9.51. The third kappa shape index (κ3) is 2.31. The number of anilines is 1. The molecule has 1 aliphatic heterocycles. The molecule has 4 rings (SSSR count). The van der Waals surface area contributed by atoms with Gasteiger partial charge in [0, 0.05) is 11.1 Å². The number of H-pyrrole nitrogens is 1. The average molecular weight is 316 g/mol. The number of fused-ring (bicyclic) bond motifs is 1. The van der Waals surface area contributed by atoms with Gasteiger partial charge in [0.1, 0.15) is 17.3 Å². The Kier molecular flexibility index (Phi) is 3.29. The minimum absolute atomic E-state index is 0.212. The van der Waals surface area contributed by atoms with Gasteiger partial charge in [-0.25, -0.2) is 4.98 Å². The van der Waals surface area contributed by atoms with Crippen LogP contribution in [0.25, 0.3) is 22.4 Å². The van der Waals surface area contributed by atoms with Crippen LogP contribution in [0, 0.1) is 11.3 Å². The number of ether oxygens (including phenoxy) is 2. The van der Waals surface area contributed by atoms with E-state index >= 15 is 0 Å². The molecule has 0 saturated heterocycles. The summed E-state index contributed by atoms with van der Waals surface area (Å²) in [5.74, 6) is 1.71. The van der Waals surface area contributed by atoms with Crippen molar-refractivity contribution in [2.45, 2.75) is 0 Å². The number of aromatic nitrogens is 1. The lowest BCUT2D eigenvalue weighted by molar-refractivity contribution is -0.346. The fourth-order valence-electron chi connectivity index (χ4n) is 2.79. The maximum Gasteiger partial charge on any atom is 0.289 e. The molecule has 1 aromatic heterocycles. The number of nitriles is 1. The molecule has 0 saturated carbocycles. The highest BCUT2D eigenvalue weighted by atomic mass is 16.7. The second kappa shape index (κ2) is 5.60. The van der Waals surface area contributed by atoms with Crippen LogP contribution < -0.4 is 20.2 Å². The number of nitrogen functional groups attached to an aromatic ring is 1. The van der Waals surface area contributed by atoms with E-state index in [9.17, 15) is 5.26 Å². The molecule has 2 aromatic carbocycles. The minimum atomic E-state index is 0.212. The molecule has 5 heteroatoms. The van der Waals surface area contributed by atoms with Crippen molar-refractivity contribution in [1.29, 1.82) is 5.26 Å². The number of nitrogens with zero attached hydrogens (tertiary/aromatic N) is 1. The second-order valence-corrected chi connectivity index (χ2v) is 5.43. The fraction of sp³-hybridized carbons (Fsp3) is 0.0526. The van der Waals surface area contributed by atoms with Crippen LogP contribution in [0.1, 0.15) is 5.56 Å². The molecule has 116 valence electrons. The summed E-state index contributed by atoms with van der Waals surface area (Å²) >= 11 is 0. The Hall–Kier alpha value is -3.52. The zero-order valence-electron chi connectivity index (χ0n) is 12.7. The monoisotopic (exact) mass is 316 g/mol. The van der Waals surface area contributed by atoms with Crippen LogP contribution >= 0.6 is 0 Å². The Balaban J connectivity index is 1.91. The number of aromatic amines is 1. The zero-order valence-corrected chi connectivity index (χ0v) is 12.7. The van der Waals surface area contributed by atoms with Gasteiger partial charge in [0.25, 0.3) is 5.82 Å². The molecule has 0 radical (unpaired) electrons. The first-order valence-electron chi connectivity index (χ1n) is 7.47. The van der Waals surface area contributed by atoms with Crippen LogP contribution in [0.2, 0.25) is 0 Å². The molecular formula is C19H14N3O2+. The summed E-state index contributed by atoms with van der Waals surface area (Å²) in [5.41, 5.74) is 9.95. The Morgan fingerprint density at radius 3 is 2.54 bits per heavy atom. The van der Waals surface area contributed by atoms with Crippen molar-refractivity contribution < 1.29 is 14.5 Å². The molecule has 0 fully saturated rings. The second-order valence-electron chi connectivity index (χ2n) is 5.43. The minimum Gasteiger partial charge on any atom is -0.454 e. The van der Waals surface area contributed by atoms with E-state index in [2.05, 4.69) is 11.1 Å². The Morgan fingerprint density at radius 1 is 0.958 bits per heavy atom. The molecule has 3 N–H and O–H groups in total. The van der Waals surface area contributed by atoms with Gasteiger partial charge in [-0.2, -0.15) is 5.26 Å². The lowest BCUT2D eigenvalue weighted by atomic mass is 9.98. The van der Waals surface area contributed by atoms with Crippen LogP contribution in [0.15, 0.2) is 54.6 Å². The van der Waals surface area contributed by atoms with E-state index in [1.807, 2.05) is 54.6 Å². The molecule has 3 aromatic rings. The molecule has 0 bridgehead atoms. The number of rotatable bonds is 2. The molecule has 0 atom stereocenters. The summed E-state index contributed by atoms with van der Waals surface area (Å²) in [4.78, 5) is 3.10. The maximum atomic E-state index is 9.51. The summed E-state index contributed by atoms with van der Waals surface area (Å²) in [5, 5.41) is 9.51. The summed E-state index contributed by atoms with van der Waals surface area (Å²) in [6.07, 6.45) is 0. The Bertz CT molecular complexity index is 962. The molecule has 2 heterocycles. The molecule has 0 spiro atoms. The first-order valence-corrected chi connectivity index (χ1v) is 7.47. The lowest BCUT2D eigenvalue weighted by Crippen LogP contribution is -2.16. The van der Waals surface area contributed by atoms with Crippen LogP contribution in [-0.4, -0.2) is 6.79 Å². The Labute approximate surface area is 138 Å². The average Bonchev–Trinajstić information content (AvgIpc) is 3.09. The van der Waals surface area contributed by atoms with Gasteiger partial charge in [0.2, 0.25) is 6.79 Å². The van der Waals surface area contributed by atoms with Crippen molar-refractivity contribution in [2.75, 3.05) is 12.5 Å². The van der Waals surface area contributed by atoms with Gasteiger partial charge in [-0.1, -0.05) is 36.4 Å². The Morgan fingerprint density at radius 2 is 1.75 bits per heavy atom. The smallest absolute Gasteiger partial charge is 0.289 e. The molecule has 5 nitrogen and oxygen atoms in total. The van der Waals surface area contributed by atoms with Gasteiger partial charge in [-0.15, -0.1) is 0 Å². The largest absolute Gasteiger partial charge is 0.454 e. The predicted molar refractivity (Wildman–Crippen MR) is 89.1 cm³/mol. The van der Waals surface area contributed by atoms with Crippen LogP contribution in [-0.2, 0) is 0 Å². The van der Waals surface area contributed by atoms with E-state index in [-0.39, 0.29) is 6.79 Å². The van der Waals surface area contributed by atoms with Crippen molar-refractivity contribution in [2.24, 2.45) is 0 Å². The predicted octanol–water partition coefficient (Wildman–Crippen LogP) is 3.02. The molecule has 24 heavy (non-hydrogen) atoms. The van der Waals surface area contributed by atoms with E-state index in [0.717, 1.165) is 22.4 Å². The number of nitrogens with one attached hydrogen (secondary N) is 1. The zero-order chi connectivity index (χ0) is 16.5. The van der Waals surface area contributed by atoms with Gasteiger partial charge < -0.3 is 9.47 Å². The molecular weight excluding hydrogens is 302 g/mol. The number of nitrogens with two attached hydrogens (primary N) is 1. The van der Waals surface area contributed by atoms with Gasteiger partial charge in [0.15, 0.2) is 11.5 Å². The van der Waals surface area contributed by atoms with E-state index in [4.69, 9.17) is 15.2 Å². The SMILES string of the molecule is N#Cc1c(-c2ccc3c(c2)OCO3)cc(-c2ccccc2)[nH+]c1N. The number of pyridine rings is 1. The van der Waals surface area contributed by atoms with Gasteiger partial charge in [0.05, 0.1) is 0 Å². The number of benzene rings is 2. The summed E-state index contributed by atoms with van der Waals surface area (Å²) in [6.45, 7) is 0.212. The number of hydrogen-bond acceptors (Lipinski definition) is 4. The van der Waals surface area contributed by atoms with Gasteiger partial charge in [-0.3, -0.25) is 5.73 Å². The van der Waals surface area contributed by atoms with Crippen LogP contribution in [0.3, 0.4) is 0 Å². The molecule has 0 aliphatic carbocycles. The topological polar surface area (TPSA) is 82.4 Å². The fourth-order valence-corrected chi connectivity index (χ4v) is 2.79. The van der Waals surface area contributed by atoms with Crippen molar-refractivity contribution in [3.05, 3.63) is 60.2 Å². The molecule has 0 amide bonds. The van der Waals surface area contributed by atoms with Crippen molar-refractivity contribution in [3.8, 4) is 40.0 Å². The lowest BCUT2D eigenvalue weighted by Gasteiger charge is -2.08. The molecule has 1 aliphatic rings. The summed E-state index contributed by atoms with van der Waals surface area (Å²) < 4.78 is 10.8. The first kappa shape index (κ1) is 14.1. The normalized spacial score (nSPS) is 12.0.